The number of benzene rings is 1. The van der Waals surface area contributed by atoms with Crippen LogP contribution >= 0.6 is 0 Å². The van der Waals surface area contributed by atoms with Crippen molar-refractivity contribution in [1.29, 1.82) is 0 Å². The molecule has 3 heterocycles. The van der Waals surface area contributed by atoms with E-state index in [1.165, 1.54) is 17.2 Å². The standard InChI is InChI=1S/C34H49N3O7/c1-23(2)10-8-11-24(3)12-9-14-34(4)29(43-33(42)36-18-16-35(5)17-19-36)21-26-28(38)20-25-27(31(26)44-34)22-37(32(25)41)15-7-6-13-30(39)40/h10-11,20,29,38H,6-9,12-19,21-22H2,1-5H3,(H,39,40)/b24-11+/t29-,34+/m0/s1. The Bertz CT molecular complexity index is 1290. The van der Waals surface area contributed by atoms with Gasteiger partial charge in [-0.1, -0.05) is 23.3 Å². The van der Waals surface area contributed by atoms with Gasteiger partial charge in [-0.2, -0.15) is 0 Å². The van der Waals surface area contributed by atoms with Gasteiger partial charge in [0.2, 0.25) is 0 Å². The zero-order valence-electron chi connectivity index (χ0n) is 27.0. The third-order valence-corrected chi connectivity index (χ3v) is 9.05. The van der Waals surface area contributed by atoms with Gasteiger partial charge in [-0.05, 0) is 79.3 Å². The van der Waals surface area contributed by atoms with Crippen molar-refractivity contribution in [3.05, 3.63) is 46.1 Å². The molecule has 1 aromatic rings. The van der Waals surface area contributed by atoms with Crippen LogP contribution in [0.25, 0.3) is 0 Å². The van der Waals surface area contributed by atoms with Gasteiger partial charge in [-0.3, -0.25) is 9.59 Å². The molecule has 0 aromatic heterocycles. The Hall–Kier alpha value is -3.53. The van der Waals surface area contributed by atoms with E-state index >= 15 is 0 Å². The van der Waals surface area contributed by atoms with Crippen LogP contribution < -0.4 is 4.74 Å². The minimum absolute atomic E-state index is 0.0411. The molecule has 0 radical (unpaired) electrons. The zero-order valence-corrected chi connectivity index (χ0v) is 27.0. The molecule has 0 saturated carbocycles. The number of phenolic OH excluding ortho intramolecular Hbond substituents is 1. The fourth-order valence-electron chi connectivity index (χ4n) is 6.17. The highest BCUT2D eigenvalue weighted by molar-refractivity contribution is 6.00. The van der Waals surface area contributed by atoms with Crippen molar-refractivity contribution in [2.24, 2.45) is 0 Å². The zero-order chi connectivity index (χ0) is 32.0. The Balaban J connectivity index is 1.55. The lowest BCUT2D eigenvalue weighted by Crippen LogP contribution is -2.54. The van der Waals surface area contributed by atoms with Crippen molar-refractivity contribution in [2.75, 3.05) is 39.8 Å². The summed E-state index contributed by atoms with van der Waals surface area (Å²) in [5, 5.41) is 20.0. The van der Waals surface area contributed by atoms with Crippen molar-refractivity contribution in [3.63, 3.8) is 0 Å². The third kappa shape index (κ3) is 8.14. The van der Waals surface area contributed by atoms with E-state index < -0.39 is 17.7 Å². The number of carbonyl (C=O) groups excluding carboxylic acids is 2. The van der Waals surface area contributed by atoms with Gasteiger partial charge in [-0.15, -0.1) is 0 Å². The van der Waals surface area contributed by atoms with Gasteiger partial charge in [0.15, 0.2) is 0 Å². The first kappa shape index (κ1) is 33.4. The number of rotatable bonds is 12. The van der Waals surface area contributed by atoms with E-state index in [9.17, 15) is 19.5 Å². The first-order valence-electron chi connectivity index (χ1n) is 15.9. The maximum atomic E-state index is 13.3. The van der Waals surface area contributed by atoms with Gasteiger partial charge in [0.25, 0.3) is 5.91 Å². The molecule has 2 N–H and O–H groups in total. The first-order valence-corrected chi connectivity index (χ1v) is 15.9. The molecule has 242 valence electrons. The van der Waals surface area contributed by atoms with E-state index in [1.54, 1.807) is 9.80 Å². The lowest BCUT2D eigenvalue weighted by atomic mass is 9.83. The lowest BCUT2D eigenvalue weighted by molar-refractivity contribution is -0.137. The number of aromatic hydroxyl groups is 1. The van der Waals surface area contributed by atoms with Crippen LogP contribution in [0.3, 0.4) is 0 Å². The van der Waals surface area contributed by atoms with Crippen molar-refractivity contribution in [2.45, 2.75) is 97.3 Å². The van der Waals surface area contributed by atoms with Crippen molar-refractivity contribution < 1.29 is 34.1 Å². The van der Waals surface area contributed by atoms with E-state index in [0.717, 1.165) is 37.9 Å². The third-order valence-electron chi connectivity index (χ3n) is 9.05. The number of piperazine rings is 1. The Morgan fingerprint density at radius 3 is 2.48 bits per heavy atom. The summed E-state index contributed by atoms with van der Waals surface area (Å²) in [5.74, 6) is -0.583. The van der Waals surface area contributed by atoms with Crippen LogP contribution in [0.4, 0.5) is 4.79 Å². The number of ether oxygens (including phenoxy) is 2. The van der Waals surface area contributed by atoms with Crippen molar-refractivity contribution in [1.82, 2.24) is 14.7 Å². The molecule has 1 aromatic carbocycles. The highest BCUT2D eigenvalue weighted by atomic mass is 16.6. The monoisotopic (exact) mass is 611 g/mol. The number of unbranched alkanes of at least 4 members (excludes halogenated alkanes) is 1. The number of carbonyl (C=O) groups is 3. The minimum Gasteiger partial charge on any atom is -0.508 e. The van der Waals surface area contributed by atoms with Crippen LogP contribution in [0.1, 0.15) is 94.1 Å². The second-order valence-electron chi connectivity index (χ2n) is 13.0. The van der Waals surface area contributed by atoms with Gasteiger partial charge < -0.3 is 34.4 Å². The molecule has 0 bridgehead atoms. The Morgan fingerprint density at radius 1 is 1.07 bits per heavy atom. The summed E-state index contributed by atoms with van der Waals surface area (Å²) >= 11 is 0. The van der Waals surface area contributed by atoms with Gasteiger partial charge in [0, 0.05) is 56.7 Å². The molecule has 2 amide bonds. The average Bonchev–Trinajstić information content (AvgIpc) is 3.27. The molecule has 0 unspecified atom stereocenters. The minimum atomic E-state index is -0.866. The fourth-order valence-corrected chi connectivity index (χ4v) is 6.17. The molecule has 44 heavy (non-hydrogen) atoms. The second kappa shape index (κ2) is 14.5. The molecule has 10 heteroatoms. The van der Waals surface area contributed by atoms with E-state index in [-0.39, 0.29) is 30.6 Å². The van der Waals surface area contributed by atoms with E-state index in [0.29, 0.717) is 62.3 Å². The number of hydrogen-bond acceptors (Lipinski definition) is 7. The van der Waals surface area contributed by atoms with Crippen LogP contribution in [0.5, 0.6) is 11.5 Å². The normalized spacial score (nSPS) is 21.9. The van der Waals surface area contributed by atoms with E-state index in [4.69, 9.17) is 14.6 Å². The van der Waals surface area contributed by atoms with Gasteiger partial charge >= 0.3 is 12.1 Å². The molecule has 1 saturated heterocycles. The second-order valence-corrected chi connectivity index (χ2v) is 13.0. The van der Waals surface area contributed by atoms with Crippen LogP contribution in [0.2, 0.25) is 0 Å². The van der Waals surface area contributed by atoms with Crippen LogP contribution in [0.15, 0.2) is 29.4 Å². The number of likely N-dealkylation sites (N-methyl/N-ethyl adjacent to an activating group) is 1. The molecule has 3 aliphatic rings. The quantitative estimate of drug-likeness (QED) is 0.234. The van der Waals surface area contributed by atoms with Crippen molar-refractivity contribution in [3.8, 4) is 11.5 Å². The Morgan fingerprint density at radius 2 is 1.80 bits per heavy atom. The molecule has 10 nitrogen and oxygen atoms in total. The van der Waals surface area contributed by atoms with E-state index in [1.807, 2.05) is 14.0 Å². The molecule has 1 fully saturated rings. The van der Waals surface area contributed by atoms with Gasteiger partial charge in [-0.25, -0.2) is 4.79 Å². The number of carboxylic acids is 1. The molecular formula is C34H49N3O7. The number of nitrogens with zero attached hydrogens (tertiary/aromatic N) is 3. The van der Waals surface area contributed by atoms with Crippen LogP contribution in [0, 0.1) is 0 Å². The van der Waals surface area contributed by atoms with Gasteiger partial charge in [0.05, 0.1) is 12.1 Å². The number of allylic oxidation sites excluding steroid dienone is 4. The predicted octanol–water partition coefficient (Wildman–Crippen LogP) is 5.52. The maximum absolute atomic E-state index is 13.3. The SMILES string of the molecule is CC(C)=CC/C=C(\C)CCC[C@@]1(C)Oc2c(c(O)cc3c2CN(CCCCC(=O)O)C3=O)C[C@@H]1OC(=O)N1CCN(C)CC1. The van der Waals surface area contributed by atoms with Crippen LogP contribution in [-0.2, 0) is 22.5 Å². The van der Waals surface area contributed by atoms with E-state index in [2.05, 4.69) is 37.8 Å². The molecule has 0 aliphatic carbocycles. The molecular weight excluding hydrogens is 562 g/mol. The predicted molar refractivity (Wildman–Crippen MR) is 168 cm³/mol. The maximum Gasteiger partial charge on any atom is 0.410 e. The number of fused-ring (bicyclic) bond motifs is 3. The van der Waals surface area contributed by atoms with Crippen molar-refractivity contribution >= 4 is 18.0 Å². The molecule has 4 rings (SSSR count). The summed E-state index contributed by atoms with van der Waals surface area (Å²) in [7, 11) is 2.03. The average molecular weight is 612 g/mol. The fraction of sp³-hybridized carbons (Fsp3) is 0.618. The Kier molecular flexibility index (Phi) is 11.0. The largest absolute Gasteiger partial charge is 0.508 e. The highest BCUT2D eigenvalue weighted by Gasteiger charge is 2.47. The Labute approximate surface area is 261 Å². The summed E-state index contributed by atoms with van der Waals surface area (Å²) in [6.45, 7) is 11.8. The molecule has 2 atom stereocenters. The summed E-state index contributed by atoms with van der Waals surface area (Å²) in [5.41, 5.74) is 3.40. The number of carboxylic acid groups (broad SMARTS) is 1. The highest BCUT2D eigenvalue weighted by Crippen LogP contribution is 2.47. The number of phenols is 1. The lowest BCUT2D eigenvalue weighted by Gasteiger charge is -2.43. The summed E-state index contributed by atoms with van der Waals surface area (Å²) in [6, 6.07) is 1.50. The number of hydrogen-bond donors (Lipinski definition) is 2. The van der Waals surface area contributed by atoms with Gasteiger partial charge in [0.1, 0.15) is 23.2 Å². The number of aliphatic carboxylic acids is 1. The topological polar surface area (TPSA) is 120 Å². The van der Waals surface area contributed by atoms with Crippen LogP contribution in [-0.4, -0.2) is 94.4 Å². The summed E-state index contributed by atoms with van der Waals surface area (Å²) in [6.07, 6.45) is 8.06. The molecule has 0 spiro atoms. The smallest absolute Gasteiger partial charge is 0.410 e. The first-order chi connectivity index (χ1) is 20.9. The molecule has 3 aliphatic heterocycles. The number of amides is 2. The summed E-state index contributed by atoms with van der Waals surface area (Å²) < 4.78 is 12.9. The summed E-state index contributed by atoms with van der Waals surface area (Å²) in [4.78, 5) is 43.1.